The number of aliphatic hydroxyl groups excluding tert-OH is 1. The molecule has 7 N–H and O–H groups in total. The van der Waals surface area contributed by atoms with Crippen LogP contribution in [0.25, 0.3) is 0 Å². The number of nitro benzene ring substituents is 1. The molecule has 1 unspecified atom stereocenters. The zero-order valence-corrected chi connectivity index (χ0v) is 32.1. The van der Waals surface area contributed by atoms with Crippen LogP contribution in [0.4, 0.5) is 16.2 Å². The van der Waals surface area contributed by atoms with Gasteiger partial charge in [0, 0.05) is 37.7 Å². The van der Waals surface area contributed by atoms with Crippen molar-refractivity contribution in [1.82, 2.24) is 10.6 Å². The van der Waals surface area contributed by atoms with Crippen LogP contribution in [0.5, 0.6) is 11.5 Å². The summed E-state index contributed by atoms with van der Waals surface area (Å²) < 4.78 is 10.4. The standard InChI is InChI=1S/C39H47N7O11/c1-39(2,3)46(20-8-11-31(46)35(41)50)37(52)34(49)29(21-24-9-6-5-7-10-24)43-36(51)30(22-32(40)47)42-33(48)23-56-27-16-12-25(13-17-27)44(4)38(53)57-28-18-14-26(15-19-28)45(54)55/h5-7,9-10,12-19,29-31,34,49H,8,11,20-23H2,1-4H3,(H5-,40,41,42,43,47,48,50,51)/p+1/t29-,30-,31-,34-,46?/m0/s1. The third-order valence-corrected chi connectivity index (χ3v) is 9.88. The number of hydrogen-bond donors (Lipinski definition) is 5. The highest BCUT2D eigenvalue weighted by Crippen LogP contribution is 2.38. The molecule has 0 aliphatic carbocycles. The molecule has 1 heterocycles. The largest absolute Gasteiger partial charge is 0.484 e. The molecule has 57 heavy (non-hydrogen) atoms. The molecule has 5 atom stereocenters. The molecule has 0 bridgehead atoms. The van der Waals surface area contributed by atoms with Crippen molar-refractivity contribution in [3.8, 4) is 11.5 Å². The zero-order valence-electron chi connectivity index (χ0n) is 32.1. The molecule has 1 fully saturated rings. The molecule has 3 aromatic rings. The van der Waals surface area contributed by atoms with Crippen LogP contribution in [0.3, 0.4) is 0 Å². The Morgan fingerprint density at radius 3 is 2.12 bits per heavy atom. The average molecular weight is 791 g/mol. The lowest BCUT2D eigenvalue weighted by atomic mass is 9.93. The van der Waals surface area contributed by atoms with Gasteiger partial charge in [-0.25, -0.2) is 14.1 Å². The summed E-state index contributed by atoms with van der Waals surface area (Å²) in [6.07, 6.45) is -2.39. The monoisotopic (exact) mass is 790 g/mol. The van der Waals surface area contributed by atoms with Crippen molar-refractivity contribution >= 4 is 47.0 Å². The maximum Gasteiger partial charge on any atom is 0.419 e. The number of anilines is 1. The molecule has 4 rings (SSSR count). The van der Waals surface area contributed by atoms with Crippen LogP contribution >= 0.6 is 0 Å². The number of likely N-dealkylation sites (tertiary alicyclic amines) is 1. The van der Waals surface area contributed by atoms with E-state index in [1.807, 2.05) is 0 Å². The van der Waals surface area contributed by atoms with E-state index in [2.05, 4.69) is 10.6 Å². The number of rotatable bonds is 16. The van der Waals surface area contributed by atoms with Gasteiger partial charge in [0.15, 0.2) is 18.8 Å². The van der Waals surface area contributed by atoms with Crippen LogP contribution in [-0.2, 0) is 30.4 Å². The van der Waals surface area contributed by atoms with Gasteiger partial charge in [-0.3, -0.25) is 34.2 Å². The number of nitrogens with one attached hydrogen (secondary N) is 2. The lowest BCUT2D eigenvalue weighted by Crippen LogP contribution is -2.72. The second-order valence-corrected chi connectivity index (χ2v) is 14.7. The fourth-order valence-corrected chi connectivity index (χ4v) is 6.94. The molecule has 1 aliphatic heterocycles. The van der Waals surface area contributed by atoms with Gasteiger partial charge in [0.2, 0.25) is 11.8 Å². The third kappa shape index (κ3) is 10.7. The molecule has 1 saturated heterocycles. The van der Waals surface area contributed by atoms with E-state index in [0.29, 0.717) is 24.1 Å². The van der Waals surface area contributed by atoms with E-state index in [-0.39, 0.29) is 30.2 Å². The van der Waals surface area contributed by atoms with Gasteiger partial charge in [0.25, 0.3) is 17.5 Å². The van der Waals surface area contributed by atoms with Crippen LogP contribution in [0, 0.1) is 10.1 Å². The number of carbonyl (C=O) groups excluding carboxylic acids is 6. The minimum Gasteiger partial charge on any atom is -0.484 e. The molecule has 6 amide bonds. The number of amides is 6. The van der Waals surface area contributed by atoms with Crippen molar-refractivity contribution in [2.24, 2.45) is 11.5 Å². The predicted octanol–water partition coefficient (Wildman–Crippen LogP) is 1.85. The molecule has 3 aromatic carbocycles. The fraction of sp³-hybridized carbons (Fsp3) is 0.385. The summed E-state index contributed by atoms with van der Waals surface area (Å²) in [7, 11) is 1.44. The number of nitrogens with zero attached hydrogens (tertiary/aromatic N) is 3. The first-order valence-corrected chi connectivity index (χ1v) is 18.1. The quantitative estimate of drug-likeness (QED) is 0.0794. The molecular weight excluding hydrogens is 742 g/mol. The Morgan fingerprint density at radius 1 is 0.947 bits per heavy atom. The molecule has 18 heteroatoms. The summed E-state index contributed by atoms with van der Waals surface area (Å²) in [5, 5.41) is 27.7. The van der Waals surface area contributed by atoms with E-state index in [1.165, 1.54) is 60.5 Å². The summed E-state index contributed by atoms with van der Waals surface area (Å²) in [5.74, 6) is -3.71. The van der Waals surface area contributed by atoms with E-state index in [1.54, 1.807) is 51.1 Å². The SMILES string of the molecule is CN(C(=O)Oc1ccc([N+](=O)[O-])cc1)c1ccc(OCC(=O)N[C@@H](CC(N)=O)C(=O)N[C@@H](Cc2ccccc2)[C@H](O)C(=O)[N+]2(C(C)(C)C)CCC[C@H]2C(N)=O)cc1. The highest BCUT2D eigenvalue weighted by atomic mass is 16.6. The van der Waals surface area contributed by atoms with E-state index in [0.717, 1.165) is 0 Å². The van der Waals surface area contributed by atoms with Crippen molar-refractivity contribution in [2.45, 2.75) is 76.2 Å². The Kier molecular flexibility index (Phi) is 14.1. The topological polar surface area (TPSA) is 264 Å². The zero-order chi connectivity index (χ0) is 42.1. The number of aliphatic hydroxyl groups is 1. The summed E-state index contributed by atoms with van der Waals surface area (Å²) in [5.41, 5.74) is 11.2. The first-order chi connectivity index (χ1) is 26.8. The van der Waals surface area contributed by atoms with Gasteiger partial charge in [-0.15, -0.1) is 0 Å². The highest BCUT2D eigenvalue weighted by Gasteiger charge is 2.60. The van der Waals surface area contributed by atoms with Gasteiger partial charge in [-0.05, 0) is 69.2 Å². The molecule has 18 nitrogen and oxygen atoms in total. The van der Waals surface area contributed by atoms with E-state index in [4.69, 9.17) is 20.9 Å². The van der Waals surface area contributed by atoms with Gasteiger partial charge in [0.05, 0.1) is 29.5 Å². The maximum atomic E-state index is 14.3. The van der Waals surface area contributed by atoms with Gasteiger partial charge in [0.1, 0.15) is 17.5 Å². The number of nitrogens with two attached hydrogens (primary N) is 2. The molecular formula is C39H48N7O11+. The number of nitro groups is 1. The number of hydrogen-bond acceptors (Lipinski definition) is 11. The Bertz CT molecular complexity index is 1950. The Morgan fingerprint density at radius 2 is 1.56 bits per heavy atom. The van der Waals surface area contributed by atoms with Crippen LogP contribution < -0.4 is 36.5 Å². The molecule has 0 spiro atoms. The second-order valence-electron chi connectivity index (χ2n) is 14.7. The number of non-ortho nitro benzene ring substituents is 1. The number of primary amides is 2. The Hall–Kier alpha value is -6.40. The van der Waals surface area contributed by atoms with Crippen molar-refractivity contribution < 1.29 is 52.8 Å². The van der Waals surface area contributed by atoms with Crippen LogP contribution in [0.2, 0.25) is 0 Å². The van der Waals surface area contributed by atoms with Crippen molar-refractivity contribution in [2.75, 3.05) is 25.1 Å². The van der Waals surface area contributed by atoms with Crippen LogP contribution in [0.1, 0.15) is 45.6 Å². The average Bonchev–Trinajstić information content (AvgIpc) is 3.64. The maximum absolute atomic E-state index is 14.3. The predicted molar refractivity (Wildman–Crippen MR) is 205 cm³/mol. The van der Waals surface area contributed by atoms with E-state index in [9.17, 15) is 44.0 Å². The van der Waals surface area contributed by atoms with Gasteiger partial charge < -0.3 is 36.7 Å². The van der Waals surface area contributed by atoms with Gasteiger partial charge in [-0.2, -0.15) is 0 Å². The fourth-order valence-electron chi connectivity index (χ4n) is 6.94. The normalized spacial score (nSPS) is 17.9. The minimum absolute atomic E-state index is 0.0227. The van der Waals surface area contributed by atoms with E-state index < -0.39 is 87.8 Å². The number of quaternary nitrogens is 1. The molecule has 1 aliphatic rings. The molecule has 304 valence electrons. The summed E-state index contributed by atoms with van der Waals surface area (Å²) in [4.78, 5) is 89.8. The van der Waals surface area contributed by atoms with Crippen LogP contribution in [-0.4, -0.2) is 100 Å². The van der Waals surface area contributed by atoms with Gasteiger partial charge in [-0.1, -0.05) is 30.3 Å². The Balaban J connectivity index is 1.44. The van der Waals surface area contributed by atoms with E-state index >= 15 is 0 Å². The Labute approximate surface area is 328 Å². The summed E-state index contributed by atoms with van der Waals surface area (Å²) in [6.45, 7) is 4.98. The summed E-state index contributed by atoms with van der Waals surface area (Å²) >= 11 is 0. The first-order valence-electron chi connectivity index (χ1n) is 18.1. The number of carbonyl (C=O) groups is 6. The third-order valence-electron chi connectivity index (χ3n) is 9.88. The lowest BCUT2D eigenvalue weighted by molar-refractivity contribution is -0.904. The second kappa shape index (κ2) is 18.5. The van der Waals surface area contributed by atoms with Crippen LogP contribution in [0.15, 0.2) is 78.9 Å². The molecule has 0 aromatic heterocycles. The van der Waals surface area contributed by atoms with Crippen molar-refractivity contribution in [3.63, 3.8) is 0 Å². The molecule has 0 radical (unpaired) electrons. The number of benzene rings is 3. The van der Waals surface area contributed by atoms with Crippen molar-refractivity contribution in [3.05, 3.63) is 94.5 Å². The highest BCUT2D eigenvalue weighted by molar-refractivity contribution is 5.93. The first kappa shape index (κ1) is 43.3. The van der Waals surface area contributed by atoms with Gasteiger partial charge >= 0.3 is 12.0 Å². The lowest BCUT2D eigenvalue weighted by Gasteiger charge is -2.47. The van der Waals surface area contributed by atoms with Crippen molar-refractivity contribution in [1.29, 1.82) is 0 Å². The smallest absolute Gasteiger partial charge is 0.419 e. The minimum atomic E-state index is -1.83. The number of ether oxygens (including phenoxy) is 2. The summed E-state index contributed by atoms with van der Waals surface area (Å²) in [6, 6.07) is 16.0. The molecule has 0 saturated carbocycles.